The highest BCUT2D eigenvalue weighted by molar-refractivity contribution is 5.45. The van der Waals surface area contributed by atoms with Crippen LogP contribution in [0.25, 0.3) is 0 Å². The van der Waals surface area contributed by atoms with E-state index in [4.69, 9.17) is 4.74 Å². The second kappa shape index (κ2) is 7.31. The highest BCUT2D eigenvalue weighted by Crippen LogP contribution is 2.32. The van der Waals surface area contributed by atoms with Crippen molar-refractivity contribution < 1.29 is 9.84 Å². The predicted octanol–water partition coefficient (Wildman–Crippen LogP) is 2.90. The summed E-state index contributed by atoms with van der Waals surface area (Å²) in [6, 6.07) is 4.05. The number of methoxy groups -OCH3 is 1. The van der Waals surface area contributed by atoms with Gasteiger partial charge in [-0.2, -0.15) is 0 Å². The third kappa shape index (κ3) is 3.82. The molecule has 0 radical (unpaired) electrons. The highest BCUT2D eigenvalue weighted by Gasteiger charge is 2.23. The van der Waals surface area contributed by atoms with Crippen molar-refractivity contribution in [2.45, 2.75) is 39.3 Å². The van der Waals surface area contributed by atoms with Gasteiger partial charge in [0, 0.05) is 18.2 Å². The van der Waals surface area contributed by atoms with Crippen LogP contribution in [-0.2, 0) is 0 Å². The summed E-state index contributed by atoms with van der Waals surface area (Å²) in [5.74, 6) is 0.775. The third-order valence-electron chi connectivity index (χ3n) is 3.32. The molecule has 2 unspecified atom stereocenters. The monoisotopic (exact) mass is 263 g/mol. The van der Waals surface area contributed by atoms with E-state index in [9.17, 15) is 5.11 Å². The molecule has 0 aliphatic heterocycles. The van der Waals surface area contributed by atoms with Crippen LogP contribution in [0.3, 0.4) is 0 Å². The standard InChI is InChI=1S/C16H25NO2/c1-6-8-17-14(7-2)15(18)13-10-11(3)9-12(4)16(13)19-5/h6,9-10,14-15,17-18H,1,7-8H2,2-5H3. The predicted molar refractivity (Wildman–Crippen MR) is 79.7 cm³/mol. The first-order chi connectivity index (χ1) is 9.04. The van der Waals surface area contributed by atoms with E-state index in [2.05, 4.69) is 24.9 Å². The molecule has 2 atom stereocenters. The number of nitrogens with one attached hydrogen (secondary N) is 1. The first kappa shape index (κ1) is 15.7. The molecule has 1 aromatic carbocycles. The number of aryl methyl sites for hydroxylation is 2. The number of hydrogen-bond donors (Lipinski definition) is 2. The Bertz CT molecular complexity index is 429. The van der Waals surface area contributed by atoms with Crippen molar-refractivity contribution in [3.63, 3.8) is 0 Å². The maximum Gasteiger partial charge on any atom is 0.127 e. The van der Waals surface area contributed by atoms with Crippen molar-refractivity contribution in [3.05, 3.63) is 41.5 Å². The van der Waals surface area contributed by atoms with Gasteiger partial charge in [-0.25, -0.2) is 0 Å². The molecule has 106 valence electrons. The molecule has 0 aromatic heterocycles. The van der Waals surface area contributed by atoms with Gasteiger partial charge in [-0.05, 0) is 31.9 Å². The second-order valence-corrected chi connectivity index (χ2v) is 4.86. The fourth-order valence-corrected chi connectivity index (χ4v) is 2.42. The first-order valence-electron chi connectivity index (χ1n) is 6.72. The van der Waals surface area contributed by atoms with Gasteiger partial charge in [-0.15, -0.1) is 6.58 Å². The molecule has 2 N–H and O–H groups in total. The number of aliphatic hydroxyl groups excluding tert-OH is 1. The van der Waals surface area contributed by atoms with E-state index < -0.39 is 6.10 Å². The summed E-state index contributed by atoms with van der Waals surface area (Å²) in [4.78, 5) is 0. The lowest BCUT2D eigenvalue weighted by Gasteiger charge is -2.25. The summed E-state index contributed by atoms with van der Waals surface area (Å²) in [5.41, 5.74) is 3.03. The molecule has 0 spiro atoms. The molecule has 0 aliphatic carbocycles. The van der Waals surface area contributed by atoms with Gasteiger partial charge < -0.3 is 15.2 Å². The average molecular weight is 263 g/mol. The van der Waals surface area contributed by atoms with E-state index in [1.807, 2.05) is 19.9 Å². The fourth-order valence-electron chi connectivity index (χ4n) is 2.42. The normalized spacial score (nSPS) is 13.9. The van der Waals surface area contributed by atoms with Crippen LogP contribution >= 0.6 is 0 Å². The maximum atomic E-state index is 10.6. The lowest BCUT2D eigenvalue weighted by atomic mass is 9.95. The summed E-state index contributed by atoms with van der Waals surface area (Å²) in [7, 11) is 1.64. The number of hydrogen-bond acceptors (Lipinski definition) is 3. The smallest absolute Gasteiger partial charge is 0.127 e. The van der Waals surface area contributed by atoms with Crippen molar-refractivity contribution in [2.75, 3.05) is 13.7 Å². The van der Waals surface area contributed by atoms with E-state index in [-0.39, 0.29) is 6.04 Å². The summed E-state index contributed by atoms with van der Waals surface area (Å²) >= 11 is 0. The molecule has 19 heavy (non-hydrogen) atoms. The number of rotatable bonds is 7. The van der Waals surface area contributed by atoms with Gasteiger partial charge in [0.1, 0.15) is 5.75 Å². The molecule has 1 aromatic rings. The average Bonchev–Trinajstić information content (AvgIpc) is 2.38. The Morgan fingerprint density at radius 3 is 2.63 bits per heavy atom. The van der Waals surface area contributed by atoms with Crippen LogP contribution in [0.2, 0.25) is 0 Å². The Morgan fingerprint density at radius 2 is 2.11 bits per heavy atom. The Morgan fingerprint density at radius 1 is 1.42 bits per heavy atom. The van der Waals surface area contributed by atoms with Crippen LogP contribution in [0.4, 0.5) is 0 Å². The molecule has 0 fully saturated rings. The lowest BCUT2D eigenvalue weighted by Crippen LogP contribution is -2.34. The highest BCUT2D eigenvalue weighted by atomic mass is 16.5. The third-order valence-corrected chi connectivity index (χ3v) is 3.32. The molecule has 0 saturated carbocycles. The second-order valence-electron chi connectivity index (χ2n) is 4.86. The van der Waals surface area contributed by atoms with Crippen LogP contribution in [0.15, 0.2) is 24.8 Å². The Kier molecular flexibility index (Phi) is 6.06. The largest absolute Gasteiger partial charge is 0.496 e. The molecule has 0 saturated heterocycles. The molecule has 0 aliphatic rings. The SMILES string of the molecule is C=CCNC(CC)C(O)c1cc(C)cc(C)c1OC. The van der Waals surface area contributed by atoms with Gasteiger partial charge in [-0.1, -0.05) is 24.6 Å². The van der Waals surface area contributed by atoms with Gasteiger partial charge in [0.2, 0.25) is 0 Å². The maximum absolute atomic E-state index is 10.6. The number of aliphatic hydroxyl groups is 1. The lowest BCUT2D eigenvalue weighted by molar-refractivity contribution is 0.124. The van der Waals surface area contributed by atoms with Crippen molar-refractivity contribution in [3.8, 4) is 5.75 Å². The van der Waals surface area contributed by atoms with Crippen molar-refractivity contribution in [2.24, 2.45) is 0 Å². The van der Waals surface area contributed by atoms with E-state index in [0.29, 0.717) is 6.54 Å². The quantitative estimate of drug-likeness (QED) is 0.743. The molecule has 0 heterocycles. The van der Waals surface area contributed by atoms with Gasteiger partial charge in [0.05, 0.1) is 13.2 Å². The summed E-state index contributed by atoms with van der Waals surface area (Å²) < 4.78 is 5.44. The molecular weight excluding hydrogens is 238 g/mol. The Labute approximate surface area is 116 Å². The minimum absolute atomic E-state index is 0.00639. The van der Waals surface area contributed by atoms with E-state index in [1.165, 1.54) is 0 Å². The Hall–Kier alpha value is -1.32. The summed E-state index contributed by atoms with van der Waals surface area (Å²) in [5, 5.41) is 13.9. The summed E-state index contributed by atoms with van der Waals surface area (Å²) in [6.07, 6.45) is 2.05. The zero-order chi connectivity index (χ0) is 14.4. The molecule has 1 rings (SSSR count). The van der Waals surface area contributed by atoms with Crippen LogP contribution in [-0.4, -0.2) is 24.8 Å². The van der Waals surface area contributed by atoms with Gasteiger partial charge in [0.25, 0.3) is 0 Å². The molecule has 0 bridgehead atoms. The molecule has 0 amide bonds. The van der Waals surface area contributed by atoms with Crippen LogP contribution in [0.5, 0.6) is 5.75 Å². The molecule has 3 nitrogen and oxygen atoms in total. The summed E-state index contributed by atoms with van der Waals surface area (Å²) in [6.45, 7) is 10.5. The van der Waals surface area contributed by atoms with E-state index in [0.717, 1.165) is 28.9 Å². The zero-order valence-corrected chi connectivity index (χ0v) is 12.4. The minimum atomic E-state index is -0.585. The zero-order valence-electron chi connectivity index (χ0n) is 12.4. The van der Waals surface area contributed by atoms with Crippen molar-refractivity contribution in [1.29, 1.82) is 0 Å². The topological polar surface area (TPSA) is 41.5 Å². The Balaban J connectivity index is 3.08. The van der Waals surface area contributed by atoms with E-state index >= 15 is 0 Å². The fraction of sp³-hybridized carbons (Fsp3) is 0.500. The molecule has 3 heteroatoms. The minimum Gasteiger partial charge on any atom is -0.496 e. The first-order valence-corrected chi connectivity index (χ1v) is 6.72. The van der Waals surface area contributed by atoms with Crippen LogP contribution in [0.1, 0.15) is 36.1 Å². The number of ether oxygens (including phenoxy) is 1. The van der Waals surface area contributed by atoms with Gasteiger partial charge in [-0.3, -0.25) is 0 Å². The van der Waals surface area contributed by atoms with Gasteiger partial charge in [0.15, 0.2) is 0 Å². The van der Waals surface area contributed by atoms with E-state index in [1.54, 1.807) is 13.2 Å². The molecular formula is C16H25NO2. The van der Waals surface area contributed by atoms with Crippen molar-refractivity contribution >= 4 is 0 Å². The van der Waals surface area contributed by atoms with Crippen molar-refractivity contribution in [1.82, 2.24) is 5.32 Å². The van der Waals surface area contributed by atoms with Gasteiger partial charge >= 0.3 is 0 Å². The van der Waals surface area contributed by atoms with Crippen LogP contribution < -0.4 is 10.1 Å². The van der Waals surface area contributed by atoms with Crippen LogP contribution in [0, 0.1) is 13.8 Å². The number of benzene rings is 1.